The Labute approximate surface area is 120 Å². The smallest absolute Gasteiger partial charge is 0.331 e. The topological polar surface area (TPSA) is 63.3 Å². The number of unbranched alkanes of at least 4 members (excludes halogenated alkanes) is 3. The zero-order valence-electron chi connectivity index (χ0n) is 11.0. The predicted octanol–water partition coefficient (Wildman–Crippen LogP) is 3.49. The molecule has 0 saturated heterocycles. The number of carboxylic acid groups (broad SMARTS) is 1. The molecule has 0 spiro atoms. The molecule has 0 unspecified atom stereocenters. The van der Waals surface area contributed by atoms with Gasteiger partial charge in [-0.25, -0.2) is 4.79 Å². The van der Waals surface area contributed by atoms with E-state index in [1.165, 1.54) is 0 Å². The largest absolute Gasteiger partial charge is 0.478 e. The molecule has 0 aliphatic heterocycles. The molecular formula is C15H22ClNO2. The van der Waals surface area contributed by atoms with Crippen molar-refractivity contribution < 1.29 is 9.90 Å². The summed E-state index contributed by atoms with van der Waals surface area (Å²) < 4.78 is 0. The highest BCUT2D eigenvalue weighted by Crippen LogP contribution is 2.14. The van der Waals surface area contributed by atoms with E-state index < -0.39 is 5.97 Å². The molecule has 0 radical (unpaired) electrons. The number of rotatable bonds is 8. The van der Waals surface area contributed by atoms with Gasteiger partial charge in [0.2, 0.25) is 0 Å². The minimum atomic E-state index is -0.822. The van der Waals surface area contributed by atoms with Crippen molar-refractivity contribution in [3.8, 4) is 0 Å². The highest BCUT2D eigenvalue weighted by Gasteiger charge is 2.06. The van der Waals surface area contributed by atoms with E-state index in [2.05, 4.69) is 0 Å². The van der Waals surface area contributed by atoms with Crippen molar-refractivity contribution in [2.24, 2.45) is 5.73 Å². The Morgan fingerprint density at radius 3 is 2.32 bits per heavy atom. The number of carboxylic acids is 1. The lowest BCUT2D eigenvalue weighted by Crippen LogP contribution is -2.01. The molecular weight excluding hydrogens is 262 g/mol. The number of halogens is 1. The van der Waals surface area contributed by atoms with Crippen LogP contribution in [0.1, 0.15) is 37.7 Å². The lowest BCUT2D eigenvalue weighted by Gasteiger charge is -2.03. The highest BCUT2D eigenvalue weighted by atomic mass is 35.5. The molecule has 0 aliphatic carbocycles. The molecule has 4 heteroatoms. The van der Waals surface area contributed by atoms with Crippen LogP contribution in [0.5, 0.6) is 0 Å². The first kappa shape index (κ1) is 17.7. The van der Waals surface area contributed by atoms with Crippen LogP contribution in [-0.4, -0.2) is 17.6 Å². The summed E-state index contributed by atoms with van der Waals surface area (Å²) in [6.07, 6.45) is 6.42. The molecule has 106 valence electrons. The van der Waals surface area contributed by atoms with Gasteiger partial charge in [-0.2, -0.15) is 0 Å². The Hall–Kier alpha value is -1.32. The third kappa shape index (κ3) is 7.65. The second kappa shape index (κ2) is 10.6. The zero-order valence-corrected chi connectivity index (χ0v) is 11.9. The van der Waals surface area contributed by atoms with Crippen LogP contribution in [0.4, 0.5) is 0 Å². The maximum atomic E-state index is 11.1. The Balaban J connectivity index is 0.00000324. The molecule has 0 aliphatic rings. The second-order valence-corrected chi connectivity index (χ2v) is 4.34. The molecule has 0 atom stereocenters. The van der Waals surface area contributed by atoms with Crippen LogP contribution < -0.4 is 5.73 Å². The number of carbonyl (C=O) groups is 1. The van der Waals surface area contributed by atoms with Gasteiger partial charge in [0.15, 0.2) is 0 Å². The normalized spacial score (nSPS) is 10.9. The van der Waals surface area contributed by atoms with E-state index in [1.54, 1.807) is 6.08 Å². The van der Waals surface area contributed by atoms with E-state index in [4.69, 9.17) is 10.8 Å². The van der Waals surface area contributed by atoms with E-state index in [-0.39, 0.29) is 12.4 Å². The van der Waals surface area contributed by atoms with Gasteiger partial charge in [0, 0.05) is 5.57 Å². The van der Waals surface area contributed by atoms with Crippen LogP contribution in [0.15, 0.2) is 35.9 Å². The van der Waals surface area contributed by atoms with Gasteiger partial charge in [0.05, 0.1) is 0 Å². The third-order valence-electron chi connectivity index (χ3n) is 2.82. The Morgan fingerprint density at radius 2 is 1.74 bits per heavy atom. The molecule has 3 N–H and O–H groups in total. The Morgan fingerprint density at radius 1 is 1.11 bits per heavy atom. The van der Waals surface area contributed by atoms with Crippen LogP contribution in [0.3, 0.4) is 0 Å². The summed E-state index contributed by atoms with van der Waals surface area (Å²) >= 11 is 0. The molecule has 0 heterocycles. The van der Waals surface area contributed by atoms with Gasteiger partial charge in [-0.05, 0) is 37.4 Å². The summed E-state index contributed by atoms with van der Waals surface area (Å²) in [4.78, 5) is 11.1. The van der Waals surface area contributed by atoms with Crippen molar-refractivity contribution in [3.63, 3.8) is 0 Å². The SMILES string of the molecule is Cl.NCCCCCCC(=Cc1ccccc1)C(=O)O. The van der Waals surface area contributed by atoms with Gasteiger partial charge in [-0.3, -0.25) is 0 Å². The fourth-order valence-corrected chi connectivity index (χ4v) is 1.80. The number of benzene rings is 1. The lowest BCUT2D eigenvalue weighted by molar-refractivity contribution is -0.132. The lowest BCUT2D eigenvalue weighted by atomic mass is 10.0. The highest BCUT2D eigenvalue weighted by molar-refractivity contribution is 5.92. The summed E-state index contributed by atoms with van der Waals surface area (Å²) in [6.45, 7) is 0.714. The van der Waals surface area contributed by atoms with E-state index in [9.17, 15) is 4.79 Å². The summed E-state index contributed by atoms with van der Waals surface area (Å²) in [5, 5.41) is 9.15. The van der Waals surface area contributed by atoms with Crippen LogP contribution in [0.25, 0.3) is 6.08 Å². The fraction of sp³-hybridized carbons (Fsp3) is 0.400. The number of aliphatic carboxylic acids is 1. The Kier molecular flexibility index (Phi) is 9.85. The van der Waals surface area contributed by atoms with Gasteiger partial charge in [-0.1, -0.05) is 43.2 Å². The summed E-state index contributed by atoms with van der Waals surface area (Å²) in [6, 6.07) is 9.57. The molecule has 0 aromatic heterocycles. The van der Waals surface area contributed by atoms with Gasteiger partial charge < -0.3 is 10.8 Å². The third-order valence-corrected chi connectivity index (χ3v) is 2.82. The number of hydrogen-bond donors (Lipinski definition) is 2. The maximum Gasteiger partial charge on any atom is 0.331 e. The molecule has 1 rings (SSSR count). The molecule has 3 nitrogen and oxygen atoms in total. The summed E-state index contributed by atoms with van der Waals surface area (Å²) in [7, 11) is 0. The molecule has 1 aromatic carbocycles. The molecule has 0 fully saturated rings. The van der Waals surface area contributed by atoms with Crippen molar-refractivity contribution in [2.45, 2.75) is 32.1 Å². The van der Waals surface area contributed by atoms with E-state index in [1.807, 2.05) is 30.3 Å². The average molecular weight is 284 g/mol. The average Bonchev–Trinajstić information content (AvgIpc) is 2.38. The summed E-state index contributed by atoms with van der Waals surface area (Å²) in [5.41, 5.74) is 6.84. The van der Waals surface area contributed by atoms with Gasteiger partial charge in [0.1, 0.15) is 0 Å². The number of hydrogen-bond acceptors (Lipinski definition) is 2. The first-order valence-electron chi connectivity index (χ1n) is 6.43. The quantitative estimate of drug-likeness (QED) is 0.567. The van der Waals surface area contributed by atoms with Crippen LogP contribution in [-0.2, 0) is 4.79 Å². The predicted molar refractivity (Wildman–Crippen MR) is 81.4 cm³/mol. The molecule has 1 aromatic rings. The molecule has 0 bridgehead atoms. The van der Waals surface area contributed by atoms with E-state index in [0.717, 1.165) is 31.2 Å². The van der Waals surface area contributed by atoms with Crippen molar-refractivity contribution >= 4 is 24.5 Å². The van der Waals surface area contributed by atoms with E-state index in [0.29, 0.717) is 18.5 Å². The zero-order chi connectivity index (χ0) is 13.2. The van der Waals surface area contributed by atoms with Crippen LogP contribution >= 0.6 is 12.4 Å². The monoisotopic (exact) mass is 283 g/mol. The van der Waals surface area contributed by atoms with Crippen LogP contribution in [0, 0.1) is 0 Å². The molecule has 0 amide bonds. The first-order valence-corrected chi connectivity index (χ1v) is 6.43. The second-order valence-electron chi connectivity index (χ2n) is 4.34. The van der Waals surface area contributed by atoms with Crippen molar-refractivity contribution in [1.82, 2.24) is 0 Å². The minimum Gasteiger partial charge on any atom is -0.478 e. The Bertz CT molecular complexity index is 390. The fourth-order valence-electron chi connectivity index (χ4n) is 1.80. The van der Waals surface area contributed by atoms with Gasteiger partial charge in [-0.15, -0.1) is 12.4 Å². The van der Waals surface area contributed by atoms with Crippen molar-refractivity contribution in [2.75, 3.05) is 6.54 Å². The molecule has 19 heavy (non-hydrogen) atoms. The standard InChI is InChI=1S/C15H21NO2.ClH/c16-11-7-2-1-6-10-14(15(17)18)12-13-8-4-3-5-9-13;/h3-5,8-9,12H,1-2,6-7,10-11,16H2,(H,17,18);1H. The molecule has 0 saturated carbocycles. The van der Waals surface area contributed by atoms with Crippen molar-refractivity contribution in [3.05, 3.63) is 41.5 Å². The van der Waals surface area contributed by atoms with Gasteiger partial charge in [0.25, 0.3) is 0 Å². The van der Waals surface area contributed by atoms with E-state index >= 15 is 0 Å². The minimum absolute atomic E-state index is 0. The van der Waals surface area contributed by atoms with Crippen molar-refractivity contribution in [1.29, 1.82) is 0 Å². The first-order chi connectivity index (χ1) is 8.74. The summed E-state index contributed by atoms with van der Waals surface area (Å²) in [5.74, 6) is -0.822. The van der Waals surface area contributed by atoms with Gasteiger partial charge >= 0.3 is 5.97 Å². The maximum absolute atomic E-state index is 11.1. The number of nitrogens with two attached hydrogens (primary N) is 1. The van der Waals surface area contributed by atoms with Crippen LogP contribution in [0.2, 0.25) is 0 Å².